The molecule has 0 bridgehead atoms. The average Bonchev–Trinajstić information content (AvgIpc) is 2.54. The van der Waals surface area contributed by atoms with Crippen LogP contribution in [0.3, 0.4) is 0 Å². The summed E-state index contributed by atoms with van der Waals surface area (Å²) in [5.41, 5.74) is 0.994. The van der Waals surface area contributed by atoms with E-state index in [4.69, 9.17) is 18.9 Å². The van der Waals surface area contributed by atoms with E-state index < -0.39 is 18.0 Å². The average molecular weight is 320 g/mol. The number of ether oxygens (including phenoxy) is 4. The van der Waals surface area contributed by atoms with Crippen molar-refractivity contribution in [1.82, 2.24) is 0 Å². The highest BCUT2D eigenvalue weighted by Crippen LogP contribution is 2.38. The van der Waals surface area contributed by atoms with Gasteiger partial charge < -0.3 is 18.9 Å². The Kier molecular flexibility index (Phi) is 5.62. The molecule has 1 aromatic carbocycles. The zero-order valence-corrected chi connectivity index (χ0v) is 13.5. The van der Waals surface area contributed by atoms with Gasteiger partial charge in [-0.2, -0.15) is 0 Å². The summed E-state index contributed by atoms with van der Waals surface area (Å²) in [7, 11) is 1.53. The molecule has 0 spiro atoms. The van der Waals surface area contributed by atoms with Gasteiger partial charge in [0.15, 0.2) is 11.5 Å². The van der Waals surface area contributed by atoms with Gasteiger partial charge in [-0.3, -0.25) is 4.79 Å². The third kappa shape index (κ3) is 3.83. The lowest BCUT2D eigenvalue weighted by Gasteiger charge is -2.26. The Hall–Kier alpha value is -2.50. The second kappa shape index (κ2) is 7.67. The van der Waals surface area contributed by atoms with Crippen LogP contribution >= 0.6 is 0 Å². The van der Waals surface area contributed by atoms with Crippen molar-refractivity contribution in [3.05, 3.63) is 29.3 Å². The molecule has 1 aromatic rings. The third-order valence-corrected chi connectivity index (χ3v) is 3.32. The smallest absolute Gasteiger partial charge is 0.337 e. The molecule has 124 valence electrons. The minimum absolute atomic E-state index is 0.0734. The zero-order chi connectivity index (χ0) is 16.8. The maximum Gasteiger partial charge on any atom is 0.337 e. The Morgan fingerprint density at radius 1 is 1.17 bits per heavy atom. The molecule has 0 aliphatic carbocycles. The molecule has 1 aliphatic rings. The highest BCUT2D eigenvalue weighted by molar-refractivity contribution is 5.97. The Morgan fingerprint density at radius 3 is 2.57 bits per heavy atom. The van der Waals surface area contributed by atoms with Gasteiger partial charge >= 0.3 is 11.9 Å². The molecule has 0 amide bonds. The van der Waals surface area contributed by atoms with Crippen molar-refractivity contribution in [2.24, 2.45) is 0 Å². The first kappa shape index (κ1) is 16.9. The van der Waals surface area contributed by atoms with Gasteiger partial charge in [0.05, 0.1) is 32.3 Å². The third-order valence-electron chi connectivity index (χ3n) is 3.32. The molecule has 0 saturated carbocycles. The van der Waals surface area contributed by atoms with Gasteiger partial charge in [0.1, 0.15) is 6.10 Å². The monoisotopic (exact) mass is 320 g/mol. The standard InChI is InChI=1S/C17H20O6/c1-4-21-15(18)10-14-12(17(19)22-5-2)9-11-7-6-8-13(20-3)16(11)23-14/h6-9,14H,4-5,10H2,1-3H3. The van der Waals surface area contributed by atoms with Gasteiger partial charge in [-0.25, -0.2) is 4.79 Å². The number of benzene rings is 1. The predicted octanol–water partition coefficient (Wildman–Crippen LogP) is 2.36. The van der Waals surface area contributed by atoms with Crippen molar-refractivity contribution in [3.63, 3.8) is 0 Å². The Bertz CT molecular complexity index is 620. The number of hydrogen-bond acceptors (Lipinski definition) is 6. The number of esters is 2. The van der Waals surface area contributed by atoms with Crippen LogP contribution in [0.5, 0.6) is 11.5 Å². The van der Waals surface area contributed by atoms with E-state index in [0.29, 0.717) is 22.6 Å². The van der Waals surface area contributed by atoms with Crippen LogP contribution in [0, 0.1) is 0 Å². The predicted molar refractivity (Wildman–Crippen MR) is 83.3 cm³/mol. The van der Waals surface area contributed by atoms with E-state index >= 15 is 0 Å². The summed E-state index contributed by atoms with van der Waals surface area (Å²) in [6.45, 7) is 3.96. The molecule has 1 aliphatic heterocycles. The molecule has 1 atom stereocenters. The first-order chi connectivity index (χ1) is 11.1. The first-order valence-electron chi connectivity index (χ1n) is 7.48. The van der Waals surface area contributed by atoms with Crippen LogP contribution < -0.4 is 9.47 Å². The minimum atomic E-state index is -0.767. The number of para-hydroxylation sites is 1. The molecular formula is C17H20O6. The molecule has 23 heavy (non-hydrogen) atoms. The molecule has 6 nitrogen and oxygen atoms in total. The van der Waals surface area contributed by atoms with Crippen LogP contribution in [0.2, 0.25) is 0 Å². The fourth-order valence-corrected chi connectivity index (χ4v) is 2.33. The summed E-state index contributed by atoms with van der Waals surface area (Å²) in [6.07, 6.45) is 0.830. The molecule has 1 unspecified atom stereocenters. The lowest BCUT2D eigenvalue weighted by molar-refractivity contribution is -0.145. The second-order valence-electron chi connectivity index (χ2n) is 4.81. The van der Waals surface area contributed by atoms with Gasteiger partial charge in [0.25, 0.3) is 0 Å². The fourth-order valence-electron chi connectivity index (χ4n) is 2.33. The van der Waals surface area contributed by atoms with Gasteiger partial charge in [0, 0.05) is 5.56 Å². The van der Waals surface area contributed by atoms with E-state index in [1.165, 1.54) is 7.11 Å². The maximum absolute atomic E-state index is 12.2. The van der Waals surface area contributed by atoms with Crippen molar-refractivity contribution in [1.29, 1.82) is 0 Å². The highest BCUT2D eigenvalue weighted by atomic mass is 16.6. The van der Waals surface area contributed by atoms with Gasteiger partial charge in [-0.05, 0) is 26.0 Å². The summed E-state index contributed by atoms with van der Waals surface area (Å²) < 4.78 is 21.1. The van der Waals surface area contributed by atoms with E-state index in [0.717, 1.165) is 0 Å². The van der Waals surface area contributed by atoms with Crippen molar-refractivity contribution < 1.29 is 28.5 Å². The lowest BCUT2D eigenvalue weighted by atomic mass is 9.99. The number of fused-ring (bicyclic) bond motifs is 1. The molecule has 0 N–H and O–H groups in total. The van der Waals surface area contributed by atoms with Crippen LogP contribution in [0.4, 0.5) is 0 Å². The van der Waals surface area contributed by atoms with Crippen LogP contribution in [0.1, 0.15) is 25.8 Å². The molecule has 0 saturated heterocycles. The van der Waals surface area contributed by atoms with Crippen molar-refractivity contribution >= 4 is 18.0 Å². The maximum atomic E-state index is 12.2. The van der Waals surface area contributed by atoms with Crippen molar-refractivity contribution in [2.45, 2.75) is 26.4 Å². The molecule has 0 aromatic heterocycles. The topological polar surface area (TPSA) is 71.1 Å². The largest absolute Gasteiger partial charge is 0.493 e. The minimum Gasteiger partial charge on any atom is -0.493 e. The number of carbonyl (C=O) groups excluding carboxylic acids is 2. The molecule has 0 fully saturated rings. The van der Waals surface area contributed by atoms with E-state index in [1.54, 1.807) is 38.1 Å². The van der Waals surface area contributed by atoms with Gasteiger partial charge in [-0.15, -0.1) is 0 Å². The zero-order valence-electron chi connectivity index (χ0n) is 13.5. The van der Waals surface area contributed by atoms with Crippen LogP contribution in [0.15, 0.2) is 23.8 Å². The quantitative estimate of drug-likeness (QED) is 0.749. The summed E-state index contributed by atoms with van der Waals surface area (Å²) in [6, 6.07) is 5.35. The second-order valence-corrected chi connectivity index (χ2v) is 4.81. The highest BCUT2D eigenvalue weighted by Gasteiger charge is 2.32. The normalized spacial score (nSPS) is 15.8. The molecular weight excluding hydrogens is 300 g/mol. The van der Waals surface area contributed by atoms with E-state index in [1.807, 2.05) is 0 Å². The summed E-state index contributed by atoms with van der Waals surface area (Å²) in [5.74, 6) is 0.0918. The van der Waals surface area contributed by atoms with Crippen molar-refractivity contribution in [3.8, 4) is 11.5 Å². The Labute approximate surface area is 135 Å². The van der Waals surface area contributed by atoms with Gasteiger partial charge in [0.2, 0.25) is 0 Å². The van der Waals surface area contributed by atoms with E-state index in [9.17, 15) is 9.59 Å². The molecule has 1 heterocycles. The SMILES string of the molecule is CCOC(=O)CC1Oc2c(cccc2OC)C=C1C(=O)OCC. The number of carbonyl (C=O) groups is 2. The van der Waals surface area contributed by atoms with Crippen molar-refractivity contribution in [2.75, 3.05) is 20.3 Å². The van der Waals surface area contributed by atoms with Crippen LogP contribution in [-0.2, 0) is 19.1 Å². The number of rotatable bonds is 6. The Morgan fingerprint density at radius 2 is 1.91 bits per heavy atom. The number of methoxy groups -OCH3 is 1. The molecule has 6 heteroatoms. The summed E-state index contributed by atoms with van der Waals surface area (Å²) >= 11 is 0. The van der Waals surface area contributed by atoms with Crippen LogP contribution in [-0.4, -0.2) is 38.4 Å². The lowest BCUT2D eigenvalue weighted by Crippen LogP contribution is -2.31. The first-order valence-corrected chi connectivity index (χ1v) is 7.48. The van der Waals surface area contributed by atoms with Gasteiger partial charge in [-0.1, -0.05) is 12.1 Å². The molecule has 2 rings (SSSR count). The van der Waals surface area contributed by atoms with E-state index in [-0.39, 0.29) is 19.6 Å². The summed E-state index contributed by atoms with van der Waals surface area (Å²) in [5, 5.41) is 0. The summed E-state index contributed by atoms with van der Waals surface area (Å²) in [4.78, 5) is 23.9. The van der Waals surface area contributed by atoms with E-state index in [2.05, 4.69) is 0 Å². The molecule has 0 radical (unpaired) electrons. The number of hydrogen-bond donors (Lipinski definition) is 0. The van der Waals surface area contributed by atoms with Crippen LogP contribution in [0.25, 0.3) is 6.08 Å². The Balaban J connectivity index is 2.36. The fraction of sp³-hybridized carbons (Fsp3) is 0.412.